The van der Waals surface area contributed by atoms with E-state index in [4.69, 9.17) is 4.74 Å². The second kappa shape index (κ2) is 11.3. The number of benzene rings is 2. The monoisotopic (exact) mass is 468 g/mol. The molecule has 7 nitrogen and oxygen atoms in total. The molecule has 2 fully saturated rings. The third-order valence-electron chi connectivity index (χ3n) is 6.60. The Morgan fingerprint density at radius 1 is 0.941 bits per heavy atom. The lowest BCUT2D eigenvalue weighted by atomic mass is 9.99. The van der Waals surface area contributed by atoms with Crippen LogP contribution in [0.1, 0.15) is 43.0 Å². The molecule has 0 saturated carbocycles. The van der Waals surface area contributed by atoms with Crippen molar-refractivity contribution < 1.29 is 18.7 Å². The Balaban J connectivity index is 1.21. The van der Waals surface area contributed by atoms with Crippen LogP contribution in [-0.2, 0) is 4.74 Å². The minimum atomic E-state index is -0.530. The summed E-state index contributed by atoms with van der Waals surface area (Å²) in [6, 6.07) is 14.6. The number of nitrogens with one attached hydrogen (secondary N) is 2. The van der Waals surface area contributed by atoms with Gasteiger partial charge in [0, 0.05) is 49.6 Å². The minimum Gasteiger partial charge on any atom is -0.450 e. The smallest absolute Gasteiger partial charge is 0.409 e. The summed E-state index contributed by atoms with van der Waals surface area (Å²) in [5.74, 6) is -0.983. The van der Waals surface area contributed by atoms with Crippen molar-refractivity contribution in [1.82, 2.24) is 10.2 Å². The van der Waals surface area contributed by atoms with Gasteiger partial charge in [-0.15, -0.1) is 0 Å². The molecule has 2 amide bonds. The first kappa shape index (κ1) is 24.0. The van der Waals surface area contributed by atoms with Crippen molar-refractivity contribution >= 4 is 23.4 Å². The van der Waals surface area contributed by atoms with Gasteiger partial charge in [0.1, 0.15) is 5.82 Å². The van der Waals surface area contributed by atoms with Crippen molar-refractivity contribution in [2.45, 2.75) is 44.7 Å². The van der Waals surface area contributed by atoms with Crippen LogP contribution < -0.4 is 15.5 Å². The first-order chi connectivity index (χ1) is 16.5. The normalized spacial score (nSPS) is 17.5. The number of carbonyl (C=O) groups is 2. The number of amides is 2. The van der Waals surface area contributed by atoms with Gasteiger partial charge in [0.25, 0.3) is 5.91 Å². The summed E-state index contributed by atoms with van der Waals surface area (Å²) < 4.78 is 18.9. The fraction of sp³-hybridized carbons (Fsp3) is 0.462. The Morgan fingerprint density at radius 2 is 1.56 bits per heavy atom. The van der Waals surface area contributed by atoms with Gasteiger partial charge >= 0.3 is 6.09 Å². The molecule has 8 heteroatoms. The highest BCUT2D eigenvalue weighted by molar-refractivity contribution is 6.04. The maximum absolute atomic E-state index is 13.8. The van der Waals surface area contributed by atoms with Crippen LogP contribution in [-0.4, -0.2) is 61.8 Å². The van der Waals surface area contributed by atoms with E-state index >= 15 is 0 Å². The van der Waals surface area contributed by atoms with Crippen molar-refractivity contribution in [2.24, 2.45) is 0 Å². The standard InChI is InChI=1S/C26H33FN4O3/c1-2-34-26(33)31-17-13-21(14-18-31)28-20-11-15-30(16-12-20)22-9-7-19(8-10-22)29-25(32)23-5-3-4-6-24(23)27/h3-10,20-21,28H,2,11-18H2,1H3,(H,29,32). The fourth-order valence-corrected chi connectivity index (χ4v) is 4.68. The molecule has 0 radical (unpaired) electrons. The number of piperidine rings is 2. The molecule has 0 bridgehead atoms. The fourth-order valence-electron chi connectivity index (χ4n) is 4.68. The molecule has 2 N–H and O–H groups in total. The number of halogens is 1. The van der Waals surface area contributed by atoms with E-state index in [0.29, 0.717) is 24.4 Å². The summed E-state index contributed by atoms with van der Waals surface area (Å²) in [4.78, 5) is 28.3. The second-order valence-corrected chi connectivity index (χ2v) is 8.87. The van der Waals surface area contributed by atoms with Gasteiger partial charge < -0.3 is 25.2 Å². The van der Waals surface area contributed by atoms with Crippen molar-refractivity contribution in [1.29, 1.82) is 0 Å². The second-order valence-electron chi connectivity index (χ2n) is 8.87. The SMILES string of the molecule is CCOC(=O)N1CCC(NC2CCN(c3ccc(NC(=O)c4ccccc4F)cc3)CC2)CC1. The Bertz CT molecular complexity index is 968. The molecule has 4 rings (SSSR count). The molecule has 0 spiro atoms. The number of hydrogen-bond donors (Lipinski definition) is 2. The molecule has 34 heavy (non-hydrogen) atoms. The zero-order valence-corrected chi connectivity index (χ0v) is 19.6. The number of nitrogens with zero attached hydrogens (tertiary/aromatic N) is 2. The summed E-state index contributed by atoms with van der Waals surface area (Å²) in [5.41, 5.74) is 1.79. The third-order valence-corrected chi connectivity index (χ3v) is 6.60. The molecule has 2 aliphatic heterocycles. The van der Waals surface area contributed by atoms with Crippen LogP contribution in [0, 0.1) is 5.82 Å². The van der Waals surface area contributed by atoms with Gasteiger partial charge in [-0.3, -0.25) is 4.79 Å². The average molecular weight is 469 g/mol. The highest BCUT2D eigenvalue weighted by Gasteiger charge is 2.27. The number of likely N-dealkylation sites (tertiary alicyclic amines) is 1. The van der Waals surface area contributed by atoms with Crippen molar-refractivity contribution in [3.8, 4) is 0 Å². The van der Waals surface area contributed by atoms with Crippen molar-refractivity contribution in [2.75, 3.05) is 43.0 Å². The van der Waals surface area contributed by atoms with Gasteiger partial charge in [0.2, 0.25) is 0 Å². The third kappa shape index (κ3) is 6.05. The first-order valence-corrected chi connectivity index (χ1v) is 12.1. The van der Waals surface area contributed by atoms with Gasteiger partial charge in [-0.2, -0.15) is 0 Å². The highest BCUT2D eigenvalue weighted by atomic mass is 19.1. The van der Waals surface area contributed by atoms with Crippen LogP contribution in [0.25, 0.3) is 0 Å². The maximum atomic E-state index is 13.8. The Labute approximate surface area is 200 Å². The Kier molecular flexibility index (Phi) is 8.00. The molecular formula is C26H33FN4O3. The molecular weight excluding hydrogens is 435 g/mol. The number of carbonyl (C=O) groups excluding carboxylic acids is 2. The molecule has 182 valence electrons. The number of hydrogen-bond acceptors (Lipinski definition) is 5. The van der Waals surface area contributed by atoms with Crippen LogP contribution in [0.3, 0.4) is 0 Å². The van der Waals surface area contributed by atoms with Crippen LogP contribution in [0.2, 0.25) is 0 Å². The van der Waals surface area contributed by atoms with E-state index in [-0.39, 0.29) is 11.7 Å². The van der Waals surface area contributed by atoms with E-state index in [9.17, 15) is 14.0 Å². The van der Waals surface area contributed by atoms with E-state index < -0.39 is 11.7 Å². The van der Waals surface area contributed by atoms with E-state index in [0.717, 1.165) is 57.5 Å². The molecule has 2 aromatic rings. The molecule has 0 unspecified atom stereocenters. The molecule has 0 aromatic heterocycles. The van der Waals surface area contributed by atoms with Gasteiger partial charge in [-0.1, -0.05) is 12.1 Å². The predicted molar refractivity (Wildman–Crippen MR) is 131 cm³/mol. The minimum absolute atomic E-state index is 0.0349. The lowest BCUT2D eigenvalue weighted by Gasteiger charge is -2.38. The van der Waals surface area contributed by atoms with Crippen LogP contribution in [0.5, 0.6) is 0 Å². The van der Waals surface area contributed by atoms with Crippen molar-refractivity contribution in [3.63, 3.8) is 0 Å². The number of rotatable bonds is 6. The van der Waals surface area contributed by atoms with Gasteiger partial charge in [-0.25, -0.2) is 9.18 Å². The average Bonchev–Trinajstić information content (AvgIpc) is 2.86. The molecule has 0 atom stereocenters. The lowest BCUT2D eigenvalue weighted by Crippen LogP contribution is -2.50. The summed E-state index contributed by atoms with van der Waals surface area (Å²) in [6.07, 6.45) is 3.83. The Morgan fingerprint density at radius 3 is 2.18 bits per heavy atom. The predicted octanol–water partition coefficient (Wildman–Crippen LogP) is 4.26. The molecule has 2 aromatic carbocycles. The maximum Gasteiger partial charge on any atom is 0.409 e. The van der Waals surface area contributed by atoms with Crippen LogP contribution in [0.4, 0.5) is 20.6 Å². The van der Waals surface area contributed by atoms with E-state index in [2.05, 4.69) is 15.5 Å². The molecule has 2 heterocycles. The summed E-state index contributed by atoms with van der Waals surface area (Å²) in [6.45, 7) is 5.66. The van der Waals surface area contributed by atoms with E-state index in [1.807, 2.05) is 31.2 Å². The van der Waals surface area contributed by atoms with Crippen LogP contribution in [0.15, 0.2) is 48.5 Å². The number of ether oxygens (including phenoxy) is 1. The summed E-state index contributed by atoms with van der Waals surface area (Å²) in [7, 11) is 0. The highest BCUT2D eigenvalue weighted by Crippen LogP contribution is 2.23. The van der Waals surface area contributed by atoms with Gasteiger partial charge in [0.15, 0.2) is 0 Å². The number of anilines is 2. The van der Waals surface area contributed by atoms with Crippen LogP contribution >= 0.6 is 0 Å². The topological polar surface area (TPSA) is 73.9 Å². The van der Waals surface area contributed by atoms with Gasteiger partial charge in [-0.05, 0) is 69.0 Å². The first-order valence-electron chi connectivity index (χ1n) is 12.1. The lowest BCUT2D eigenvalue weighted by molar-refractivity contribution is 0.0937. The van der Waals surface area contributed by atoms with Gasteiger partial charge in [0.05, 0.1) is 12.2 Å². The largest absolute Gasteiger partial charge is 0.450 e. The van der Waals surface area contributed by atoms with Crippen molar-refractivity contribution in [3.05, 3.63) is 59.9 Å². The molecule has 0 aliphatic carbocycles. The molecule has 2 saturated heterocycles. The summed E-state index contributed by atoms with van der Waals surface area (Å²) in [5, 5.41) is 6.55. The quantitative estimate of drug-likeness (QED) is 0.663. The van der Waals surface area contributed by atoms with E-state index in [1.54, 1.807) is 17.0 Å². The summed E-state index contributed by atoms with van der Waals surface area (Å²) >= 11 is 0. The molecule has 2 aliphatic rings. The van der Waals surface area contributed by atoms with E-state index in [1.165, 1.54) is 12.1 Å². The zero-order valence-electron chi connectivity index (χ0n) is 19.6. The Hall–Kier alpha value is -3.13. The zero-order chi connectivity index (χ0) is 23.9.